The summed E-state index contributed by atoms with van der Waals surface area (Å²) in [6.07, 6.45) is 1.52. The summed E-state index contributed by atoms with van der Waals surface area (Å²) in [5, 5.41) is 6.73. The van der Waals surface area contributed by atoms with Crippen LogP contribution in [0.1, 0.15) is 22.8 Å². The maximum absolute atomic E-state index is 10.9. The van der Waals surface area contributed by atoms with Gasteiger partial charge in [0.1, 0.15) is 0 Å². The molecule has 1 aromatic rings. The molecule has 0 amide bonds. The summed E-state index contributed by atoms with van der Waals surface area (Å²) in [6.45, 7) is 1.52. The van der Waals surface area contributed by atoms with Crippen molar-refractivity contribution in [3.63, 3.8) is 0 Å². The van der Waals surface area contributed by atoms with E-state index < -0.39 is 0 Å². The Kier molecular flexibility index (Phi) is 2.57. The van der Waals surface area contributed by atoms with Crippen LogP contribution in [0, 0.1) is 5.41 Å². The lowest BCUT2D eigenvalue weighted by Crippen LogP contribution is -1.91. The first-order chi connectivity index (χ1) is 5.74. The molecule has 0 aliphatic rings. The molecule has 12 heavy (non-hydrogen) atoms. The van der Waals surface area contributed by atoms with E-state index in [9.17, 15) is 4.79 Å². The number of rotatable bonds is 2. The highest BCUT2D eigenvalue weighted by Gasteiger charge is 1.97. The van der Waals surface area contributed by atoms with Gasteiger partial charge in [-0.15, -0.1) is 0 Å². The highest BCUT2D eigenvalue weighted by atomic mass is 16.1. The topological polar surface area (TPSA) is 40.9 Å². The Balaban J connectivity index is 3.11. The van der Waals surface area contributed by atoms with Crippen molar-refractivity contribution in [2.24, 2.45) is 0 Å². The van der Waals surface area contributed by atoms with Gasteiger partial charge in [-0.25, -0.2) is 0 Å². The Labute approximate surface area is 71.0 Å². The van der Waals surface area contributed by atoms with E-state index >= 15 is 0 Å². The molecule has 0 unspecified atom stereocenters. The number of nitrogens with one attached hydrogen (secondary N) is 1. The Bertz CT molecular complexity index is 331. The largest absolute Gasteiger partial charge is 0.295 e. The first-order valence-corrected chi connectivity index (χ1v) is 3.60. The summed E-state index contributed by atoms with van der Waals surface area (Å²) >= 11 is 0. The molecule has 0 fully saturated rings. The molecule has 0 saturated carbocycles. The zero-order valence-electron chi connectivity index (χ0n) is 6.79. The Morgan fingerprint density at radius 1 is 1.58 bits per heavy atom. The standard InChI is InChI=1S/C10H9NO/c1-8(12)10-4-2-3-9(7-10)5-6-11/h2-5,7,11H,1H3. The van der Waals surface area contributed by atoms with Crippen molar-refractivity contribution >= 4 is 17.7 Å². The summed E-state index contributed by atoms with van der Waals surface area (Å²) in [4.78, 5) is 10.9. The minimum absolute atomic E-state index is 0.0373. The van der Waals surface area contributed by atoms with E-state index in [0.717, 1.165) is 5.56 Å². The molecule has 0 radical (unpaired) electrons. The Hall–Kier alpha value is -1.66. The summed E-state index contributed by atoms with van der Waals surface area (Å²) in [5.41, 5.74) is 1.50. The fraction of sp³-hybridized carbons (Fsp3) is 0.100. The number of hydrogen-bond donors (Lipinski definition) is 1. The van der Waals surface area contributed by atoms with Gasteiger partial charge in [0, 0.05) is 11.6 Å². The lowest BCUT2D eigenvalue weighted by molar-refractivity contribution is 0.101. The van der Waals surface area contributed by atoms with Gasteiger partial charge in [-0.3, -0.25) is 10.2 Å². The molecule has 0 spiro atoms. The van der Waals surface area contributed by atoms with E-state index in [2.05, 4.69) is 5.87 Å². The highest BCUT2D eigenvalue weighted by molar-refractivity contribution is 5.95. The average Bonchev–Trinajstić information content (AvgIpc) is 2.05. The molecule has 2 heteroatoms. The maximum atomic E-state index is 10.9. The van der Waals surface area contributed by atoms with Gasteiger partial charge < -0.3 is 0 Å². The summed E-state index contributed by atoms with van der Waals surface area (Å²) < 4.78 is 0. The van der Waals surface area contributed by atoms with Crippen molar-refractivity contribution in [1.29, 1.82) is 5.41 Å². The minimum atomic E-state index is 0.0373. The molecule has 0 atom stereocenters. The number of hydrogen-bond acceptors (Lipinski definition) is 2. The summed E-state index contributed by atoms with van der Waals surface area (Å²) in [5.74, 6) is 2.20. The lowest BCUT2D eigenvalue weighted by Gasteiger charge is -1.95. The quantitative estimate of drug-likeness (QED) is 0.521. The van der Waals surface area contributed by atoms with E-state index in [1.165, 1.54) is 13.0 Å². The number of carbonyl (C=O) groups excluding carboxylic acids is 1. The third-order valence-electron chi connectivity index (χ3n) is 1.53. The maximum Gasteiger partial charge on any atom is 0.159 e. The van der Waals surface area contributed by atoms with Gasteiger partial charge >= 0.3 is 0 Å². The van der Waals surface area contributed by atoms with Crippen LogP contribution in [0.3, 0.4) is 0 Å². The molecular weight excluding hydrogens is 150 g/mol. The zero-order valence-corrected chi connectivity index (χ0v) is 6.79. The fourth-order valence-corrected chi connectivity index (χ4v) is 0.931. The van der Waals surface area contributed by atoms with E-state index in [-0.39, 0.29) is 5.78 Å². The predicted molar refractivity (Wildman–Crippen MR) is 48.6 cm³/mol. The van der Waals surface area contributed by atoms with E-state index in [0.29, 0.717) is 5.56 Å². The van der Waals surface area contributed by atoms with Crippen LogP contribution in [0.25, 0.3) is 6.08 Å². The van der Waals surface area contributed by atoms with Crippen LogP contribution >= 0.6 is 0 Å². The first kappa shape index (κ1) is 8.44. The molecule has 0 heterocycles. The van der Waals surface area contributed by atoms with Gasteiger partial charge in [0.15, 0.2) is 5.78 Å². The third kappa shape index (κ3) is 1.91. The second-order valence-electron chi connectivity index (χ2n) is 2.47. The van der Waals surface area contributed by atoms with E-state index in [1.54, 1.807) is 18.2 Å². The molecular formula is C10H9NO. The minimum Gasteiger partial charge on any atom is -0.295 e. The van der Waals surface area contributed by atoms with Crippen LogP contribution in [0.5, 0.6) is 0 Å². The van der Waals surface area contributed by atoms with Crippen LogP contribution in [0.15, 0.2) is 24.3 Å². The van der Waals surface area contributed by atoms with Crippen molar-refractivity contribution in [1.82, 2.24) is 0 Å². The van der Waals surface area contributed by atoms with Crippen molar-refractivity contribution in [3.8, 4) is 0 Å². The van der Waals surface area contributed by atoms with Crippen LogP contribution in [0.4, 0.5) is 0 Å². The van der Waals surface area contributed by atoms with E-state index in [1.807, 2.05) is 6.07 Å². The summed E-state index contributed by atoms with van der Waals surface area (Å²) in [7, 11) is 0. The summed E-state index contributed by atoms with van der Waals surface area (Å²) in [6, 6.07) is 7.11. The number of ketones is 1. The SMILES string of the molecule is CC(=O)c1cccc(C=C=N)c1. The monoisotopic (exact) mass is 159 g/mol. The molecule has 0 aliphatic heterocycles. The molecule has 0 aromatic heterocycles. The molecule has 60 valence electrons. The number of benzene rings is 1. The van der Waals surface area contributed by atoms with Crippen LogP contribution in [0.2, 0.25) is 0 Å². The molecule has 1 aromatic carbocycles. The Morgan fingerprint density at radius 2 is 2.33 bits per heavy atom. The van der Waals surface area contributed by atoms with Crippen molar-refractivity contribution < 1.29 is 4.79 Å². The molecule has 0 bridgehead atoms. The number of carbonyl (C=O) groups is 1. The van der Waals surface area contributed by atoms with E-state index in [4.69, 9.17) is 5.41 Å². The predicted octanol–water partition coefficient (Wildman–Crippen LogP) is 2.15. The van der Waals surface area contributed by atoms with Gasteiger partial charge in [0.05, 0.1) is 0 Å². The van der Waals surface area contributed by atoms with Crippen molar-refractivity contribution in [2.45, 2.75) is 6.92 Å². The Morgan fingerprint density at radius 3 is 2.92 bits per heavy atom. The van der Waals surface area contributed by atoms with Gasteiger partial charge in [0.2, 0.25) is 0 Å². The van der Waals surface area contributed by atoms with Crippen LogP contribution in [-0.4, -0.2) is 11.7 Å². The number of Topliss-reactive ketones (excluding diaryl/α,β-unsaturated/α-hetero) is 1. The lowest BCUT2D eigenvalue weighted by atomic mass is 10.1. The highest BCUT2D eigenvalue weighted by Crippen LogP contribution is 2.06. The van der Waals surface area contributed by atoms with Crippen LogP contribution in [-0.2, 0) is 0 Å². The molecule has 0 aliphatic carbocycles. The van der Waals surface area contributed by atoms with Crippen LogP contribution < -0.4 is 0 Å². The van der Waals surface area contributed by atoms with Crippen molar-refractivity contribution in [2.75, 3.05) is 0 Å². The smallest absolute Gasteiger partial charge is 0.159 e. The average molecular weight is 159 g/mol. The fourth-order valence-electron chi connectivity index (χ4n) is 0.931. The van der Waals surface area contributed by atoms with Gasteiger partial charge in [-0.2, -0.15) is 0 Å². The van der Waals surface area contributed by atoms with Gasteiger partial charge in [-0.05, 0) is 24.4 Å². The second-order valence-corrected chi connectivity index (χ2v) is 2.47. The van der Waals surface area contributed by atoms with Gasteiger partial charge in [-0.1, -0.05) is 18.2 Å². The normalized spacial score (nSPS) is 8.75. The van der Waals surface area contributed by atoms with Gasteiger partial charge in [0.25, 0.3) is 0 Å². The molecule has 0 saturated heterocycles. The zero-order chi connectivity index (χ0) is 8.97. The second kappa shape index (κ2) is 3.65. The molecule has 1 N–H and O–H groups in total. The molecule has 2 nitrogen and oxygen atoms in total. The first-order valence-electron chi connectivity index (χ1n) is 3.60. The third-order valence-corrected chi connectivity index (χ3v) is 1.53. The molecule has 1 rings (SSSR count). The van der Waals surface area contributed by atoms with Crippen molar-refractivity contribution in [3.05, 3.63) is 35.4 Å².